The van der Waals surface area contributed by atoms with Crippen LogP contribution in [0.3, 0.4) is 0 Å². The predicted octanol–water partition coefficient (Wildman–Crippen LogP) is 4.87. The summed E-state index contributed by atoms with van der Waals surface area (Å²) in [5, 5.41) is 0.873. The summed E-state index contributed by atoms with van der Waals surface area (Å²) in [5.74, 6) is 0.826. The Morgan fingerprint density at radius 3 is 2.43 bits per heavy atom. The van der Waals surface area contributed by atoms with Crippen LogP contribution in [0.1, 0.15) is 16.1 Å². The number of hydrogen-bond acceptors (Lipinski definition) is 4. The Hall–Kier alpha value is -2.12. The van der Waals surface area contributed by atoms with E-state index in [0.717, 1.165) is 27.4 Å². The molecule has 120 valence electrons. The number of ether oxygens (including phenoxy) is 1. The van der Waals surface area contributed by atoms with Crippen LogP contribution in [0.2, 0.25) is 0 Å². The van der Waals surface area contributed by atoms with E-state index in [1.54, 1.807) is 6.07 Å². The normalized spacial score (nSPS) is 11.9. The van der Waals surface area contributed by atoms with Crippen molar-refractivity contribution in [3.63, 3.8) is 0 Å². The van der Waals surface area contributed by atoms with Crippen molar-refractivity contribution in [2.45, 2.75) is 19.6 Å². The van der Waals surface area contributed by atoms with Gasteiger partial charge in [0.05, 0.1) is 15.3 Å². The van der Waals surface area contributed by atoms with E-state index in [1.807, 2.05) is 13.0 Å². The smallest absolute Gasteiger partial charge is 0.416 e. The molecular formula is C16H13F3N2OS. The standard InChI is InChI=1S/C16H13F3N2OS/c1-9-21-14-13(7-2-10(8-20)15(14)23-9)22-12-5-3-11(4-6-12)16(17,18)19/h2-7H,8,20H2,1H3. The summed E-state index contributed by atoms with van der Waals surface area (Å²) in [5.41, 5.74) is 6.65. The minimum atomic E-state index is -4.36. The molecular weight excluding hydrogens is 325 g/mol. The summed E-state index contributed by atoms with van der Waals surface area (Å²) in [6.45, 7) is 2.27. The fraction of sp³-hybridized carbons (Fsp3) is 0.188. The molecule has 1 aromatic heterocycles. The lowest BCUT2D eigenvalue weighted by Gasteiger charge is -2.10. The molecule has 0 aliphatic heterocycles. The lowest BCUT2D eigenvalue weighted by Crippen LogP contribution is -2.04. The van der Waals surface area contributed by atoms with Gasteiger partial charge in [0.2, 0.25) is 0 Å². The van der Waals surface area contributed by atoms with Gasteiger partial charge in [-0.2, -0.15) is 13.2 Å². The first kappa shape index (κ1) is 15.8. The maximum absolute atomic E-state index is 12.6. The highest BCUT2D eigenvalue weighted by Crippen LogP contribution is 2.36. The minimum absolute atomic E-state index is 0.324. The molecule has 23 heavy (non-hydrogen) atoms. The van der Waals surface area contributed by atoms with Crippen LogP contribution in [0.4, 0.5) is 13.2 Å². The lowest BCUT2D eigenvalue weighted by atomic mass is 10.2. The number of alkyl halides is 3. The zero-order chi connectivity index (χ0) is 16.6. The molecule has 3 rings (SSSR count). The van der Waals surface area contributed by atoms with Gasteiger partial charge in [-0.1, -0.05) is 6.07 Å². The molecule has 0 fully saturated rings. The van der Waals surface area contributed by atoms with Gasteiger partial charge in [-0.25, -0.2) is 4.98 Å². The van der Waals surface area contributed by atoms with E-state index in [1.165, 1.54) is 23.5 Å². The third kappa shape index (κ3) is 3.16. The Balaban J connectivity index is 1.96. The Labute approximate surface area is 134 Å². The molecule has 3 nitrogen and oxygen atoms in total. The van der Waals surface area contributed by atoms with Crippen LogP contribution in [0, 0.1) is 6.92 Å². The number of nitrogens with zero attached hydrogens (tertiary/aromatic N) is 1. The molecule has 2 N–H and O–H groups in total. The third-order valence-electron chi connectivity index (χ3n) is 3.32. The van der Waals surface area contributed by atoms with Crippen molar-refractivity contribution in [3.05, 3.63) is 52.5 Å². The zero-order valence-electron chi connectivity index (χ0n) is 12.1. The Morgan fingerprint density at radius 1 is 1.13 bits per heavy atom. The summed E-state index contributed by atoms with van der Waals surface area (Å²) in [7, 11) is 0. The van der Waals surface area contributed by atoms with Crippen LogP contribution in [0.15, 0.2) is 36.4 Å². The SMILES string of the molecule is Cc1nc2c(Oc3ccc(C(F)(F)F)cc3)ccc(CN)c2s1. The lowest BCUT2D eigenvalue weighted by molar-refractivity contribution is -0.137. The number of aromatic nitrogens is 1. The number of fused-ring (bicyclic) bond motifs is 1. The summed E-state index contributed by atoms with van der Waals surface area (Å²) >= 11 is 1.51. The molecule has 2 aromatic carbocycles. The van der Waals surface area contributed by atoms with Gasteiger partial charge in [0.15, 0.2) is 5.75 Å². The quantitative estimate of drug-likeness (QED) is 0.741. The van der Waals surface area contributed by atoms with E-state index in [0.29, 0.717) is 23.6 Å². The van der Waals surface area contributed by atoms with Gasteiger partial charge in [-0.15, -0.1) is 11.3 Å². The summed E-state index contributed by atoms with van der Waals surface area (Å²) in [6, 6.07) is 8.16. The van der Waals surface area contributed by atoms with Crippen LogP contribution in [0.5, 0.6) is 11.5 Å². The molecule has 0 atom stereocenters. The third-order valence-corrected chi connectivity index (χ3v) is 4.37. The van der Waals surface area contributed by atoms with Gasteiger partial charge in [-0.3, -0.25) is 0 Å². The van der Waals surface area contributed by atoms with Crippen LogP contribution in [-0.4, -0.2) is 4.98 Å². The monoisotopic (exact) mass is 338 g/mol. The first-order chi connectivity index (χ1) is 10.9. The molecule has 0 unspecified atom stereocenters. The van der Waals surface area contributed by atoms with Crippen molar-refractivity contribution in [2.75, 3.05) is 0 Å². The second kappa shape index (κ2) is 5.82. The Morgan fingerprint density at radius 2 is 1.83 bits per heavy atom. The number of nitrogens with two attached hydrogens (primary N) is 1. The molecule has 0 radical (unpaired) electrons. The number of hydrogen-bond donors (Lipinski definition) is 1. The molecule has 0 aliphatic rings. The van der Waals surface area contributed by atoms with Gasteiger partial charge in [0.25, 0.3) is 0 Å². The molecule has 1 heterocycles. The second-order valence-electron chi connectivity index (χ2n) is 4.96. The van der Waals surface area contributed by atoms with Crippen molar-refractivity contribution < 1.29 is 17.9 Å². The molecule has 0 bridgehead atoms. The number of rotatable bonds is 3. The highest BCUT2D eigenvalue weighted by atomic mass is 32.1. The largest absolute Gasteiger partial charge is 0.455 e. The number of thiazole rings is 1. The van der Waals surface area contributed by atoms with Crippen LogP contribution in [-0.2, 0) is 12.7 Å². The van der Waals surface area contributed by atoms with Crippen molar-refractivity contribution in [3.8, 4) is 11.5 Å². The molecule has 0 saturated heterocycles. The van der Waals surface area contributed by atoms with Gasteiger partial charge < -0.3 is 10.5 Å². The first-order valence-electron chi connectivity index (χ1n) is 6.82. The number of aryl methyl sites for hydroxylation is 1. The van der Waals surface area contributed by atoms with Crippen molar-refractivity contribution in [2.24, 2.45) is 5.73 Å². The van der Waals surface area contributed by atoms with Crippen LogP contribution >= 0.6 is 11.3 Å². The highest BCUT2D eigenvalue weighted by Gasteiger charge is 2.30. The van der Waals surface area contributed by atoms with E-state index in [2.05, 4.69) is 4.98 Å². The fourth-order valence-corrected chi connectivity index (χ4v) is 3.18. The molecule has 0 amide bonds. The summed E-state index contributed by atoms with van der Waals surface area (Å²) in [4.78, 5) is 4.43. The molecule has 3 aromatic rings. The van der Waals surface area contributed by atoms with E-state index >= 15 is 0 Å². The first-order valence-corrected chi connectivity index (χ1v) is 7.64. The Bertz CT molecular complexity index is 841. The van der Waals surface area contributed by atoms with Crippen LogP contribution in [0.25, 0.3) is 10.2 Å². The fourth-order valence-electron chi connectivity index (χ4n) is 2.22. The second-order valence-corrected chi connectivity index (χ2v) is 6.16. The van der Waals surface area contributed by atoms with Gasteiger partial charge in [0, 0.05) is 6.54 Å². The van der Waals surface area contributed by atoms with Crippen molar-refractivity contribution in [1.82, 2.24) is 4.98 Å². The minimum Gasteiger partial charge on any atom is -0.455 e. The maximum atomic E-state index is 12.6. The van der Waals surface area contributed by atoms with Crippen LogP contribution < -0.4 is 10.5 Å². The average Bonchev–Trinajstić information content (AvgIpc) is 2.89. The van der Waals surface area contributed by atoms with Crippen molar-refractivity contribution in [1.29, 1.82) is 0 Å². The maximum Gasteiger partial charge on any atom is 0.416 e. The number of benzene rings is 2. The van der Waals surface area contributed by atoms with E-state index < -0.39 is 11.7 Å². The molecule has 0 saturated carbocycles. The van der Waals surface area contributed by atoms with Gasteiger partial charge >= 0.3 is 6.18 Å². The van der Waals surface area contributed by atoms with E-state index in [-0.39, 0.29) is 0 Å². The summed E-state index contributed by atoms with van der Waals surface area (Å²) < 4.78 is 44.4. The van der Waals surface area contributed by atoms with E-state index in [9.17, 15) is 13.2 Å². The predicted molar refractivity (Wildman–Crippen MR) is 83.8 cm³/mol. The van der Waals surface area contributed by atoms with E-state index in [4.69, 9.17) is 10.5 Å². The average molecular weight is 338 g/mol. The zero-order valence-corrected chi connectivity index (χ0v) is 13.0. The van der Waals surface area contributed by atoms with Gasteiger partial charge in [-0.05, 0) is 42.8 Å². The topological polar surface area (TPSA) is 48.1 Å². The highest BCUT2D eigenvalue weighted by molar-refractivity contribution is 7.18. The Kier molecular flexibility index (Phi) is 3.99. The number of halogens is 3. The molecule has 7 heteroatoms. The van der Waals surface area contributed by atoms with Gasteiger partial charge in [0.1, 0.15) is 11.3 Å². The van der Waals surface area contributed by atoms with Crippen molar-refractivity contribution >= 4 is 21.6 Å². The molecule has 0 spiro atoms. The summed E-state index contributed by atoms with van der Waals surface area (Å²) in [6.07, 6.45) is -4.36. The molecule has 0 aliphatic carbocycles.